The highest BCUT2D eigenvalue weighted by Gasteiger charge is 2.38. The first kappa shape index (κ1) is 24.9. The zero-order chi connectivity index (χ0) is 24.3. The molecule has 1 aliphatic heterocycles. The number of ether oxygens (including phenoxy) is 1. The van der Waals surface area contributed by atoms with Gasteiger partial charge in [-0.3, -0.25) is 0 Å². The van der Waals surface area contributed by atoms with Crippen LogP contribution in [0.2, 0.25) is 0 Å². The molecule has 0 radical (unpaired) electrons. The van der Waals surface area contributed by atoms with Gasteiger partial charge in [0.2, 0.25) is 10.0 Å². The van der Waals surface area contributed by atoms with Crippen molar-refractivity contribution in [3.63, 3.8) is 0 Å². The molecule has 1 saturated carbocycles. The highest BCUT2D eigenvalue weighted by Crippen LogP contribution is 2.35. The molecule has 0 aromatic heterocycles. The van der Waals surface area contributed by atoms with Crippen molar-refractivity contribution in [3.8, 4) is 5.75 Å². The number of fused-ring (bicyclic) bond motifs is 1. The maximum Gasteiger partial charge on any atom is 0.247 e. The summed E-state index contributed by atoms with van der Waals surface area (Å²) in [6.07, 6.45) is 6.37. The van der Waals surface area contributed by atoms with Crippen molar-refractivity contribution < 1.29 is 18.3 Å². The van der Waals surface area contributed by atoms with Crippen LogP contribution >= 0.6 is 0 Å². The molecule has 184 valence electrons. The fourth-order valence-electron chi connectivity index (χ4n) is 4.44. The zero-order valence-corrected chi connectivity index (χ0v) is 21.1. The van der Waals surface area contributed by atoms with E-state index in [0.29, 0.717) is 12.3 Å². The quantitative estimate of drug-likeness (QED) is 0.574. The SMILES string of the molecule is C[C@H]1CN([C@@H](C)CO)S(=O)(=O)c2ccc(/C=C/c3ccccc3)cc2O[C@H]1CN(C)CC1CC1. The summed E-state index contributed by atoms with van der Waals surface area (Å²) in [5.41, 5.74) is 1.94. The van der Waals surface area contributed by atoms with E-state index < -0.39 is 16.1 Å². The minimum Gasteiger partial charge on any atom is -0.487 e. The summed E-state index contributed by atoms with van der Waals surface area (Å²) in [5, 5.41) is 9.80. The second-order valence-electron chi connectivity index (χ2n) is 9.85. The normalized spacial score (nSPS) is 23.8. The Bertz CT molecular complexity index is 1100. The Balaban J connectivity index is 1.69. The third kappa shape index (κ3) is 5.89. The summed E-state index contributed by atoms with van der Waals surface area (Å²) in [6, 6.07) is 14.7. The lowest BCUT2D eigenvalue weighted by atomic mass is 10.0. The number of likely N-dealkylation sites (N-methyl/N-ethyl adjacent to an activating group) is 1. The standard InChI is InChI=1S/C27H36N2O4S/c1-20-16-29(21(2)19-30)34(31,32)27-14-13-23(10-9-22-7-5-4-6-8-22)15-25(27)33-26(20)18-28(3)17-24-11-12-24/h4-10,13-15,20-21,24,26,30H,11-12,16-19H2,1-3H3/b10-9+/t20-,21-,26-/m0/s1. The molecule has 34 heavy (non-hydrogen) atoms. The largest absolute Gasteiger partial charge is 0.487 e. The molecule has 0 unspecified atom stereocenters. The minimum absolute atomic E-state index is 0.0397. The second-order valence-corrected chi connectivity index (χ2v) is 11.7. The van der Waals surface area contributed by atoms with Gasteiger partial charge in [0.05, 0.1) is 6.61 Å². The lowest BCUT2D eigenvalue weighted by molar-refractivity contribution is 0.0740. The van der Waals surface area contributed by atoms with Crippen molar-refractivity contribution in [2.45, 2.75) is 43.7 Å². The molecule has 1 aliphatic carbocycles. The van der Waals surface area contributed by atoms with Crippen molar-refractivity contribution in [2.75, 3.05) is 33.3 Å². The molecule has 0 saturated heterocycles. The number of benzene rings is 2. The molecule has 3 atom stereocenters. The average molecular weight is 485 g/mol. The number of nitrogens with zero attached hydrogens (tertiary/aromatic N) is 2. The van der Waals surface area contributed by atoms with E-state index >= 15 is 0 Å². The molecular weight excluding hydrogens is 448 g/mol. The van der Waals surface area contributed by atoms with Crippen molar-refractivity contribution in [1.29, 1.82) is 0 Å². The molecule has 2 aromatic rings. The maximum absolute atomic E-state index is 13.6. The van der Waals surface area contributed by atoms with E-state index in [0.717, 1.165) is 30.1 Å². The van der Waals surface area contributed by atoms with Gasteiger partial charge in [-0.2, -0.15) is 4.31 Å². The first-order valence-corrected chi connectivity index (χ1v) is 13.6. The average Bonchev–Trinajstić information content (AvgIpc) is 3.64. The van der Waals surface area contributed by atoms with Crippen molar-refractivity contribution in [3.05, 3.63) is 59.7 Å². The first-order valence-electron chi connectivity index (χ1n) is 12.1. The number of hydrogen-bond donors (Lipinski definition) is 1. The van der Waals surface area contributed by atoms with Crippen LogP contribution in [0.4, 0.5) is 0 Å². The number of aliphatic hydroxyl groups is 1. The predicted molar refractivity (Wildman–Crippen MR) is 136 cm³/mol. The highest BCUT2D eigenvalue weighted by atomic mass is 32.2. The van der Waals surface area contributed by atoms with Gasteiger partial charge in [-0.15, -0.1) is 0 Å². The van der Waals surface area contributed by atoms with E-state index in [2.05, 4.69) is 11.9 Å². The smallest absolute Gasteiger partial charge is 0.247 e. The molecule has 1 heterocycles. The van der Waals surface area contributed by atoms with Crippen LogP contribution in [0, 0.1) is 11.8 Å². The fourth-order valence-corrected chi connectivity index (χ4v) is 6.27. The van der Waals surface area contributed by atoms with Crippen LogP contribution in [0.15, 0.2) is 53.4 Å². The lowest BCUT2D eigenvalue weighted by Crippen LogP contribution is -2.49. The van der Waals surface area contributed by atoms with E-state index in [1.54, 1.807) is 19.1 Å². The van der Waals surface area contributed by atoms with Gasteiger partial charge in [-0.05, 0) is 56.0 Å². The van der Waals surface area contributed by atoms with Crippen molar-refractivity contribution >= 4 is 22.2 Å². The summed E-state index contributed by atoms with van der Waals surface area (Å²) in [4.78, 5) is 2.46. The molecule has 1 fully saturated rings. The third-order valence-corrected chi connectivity index (χ3v) is 8.74. The number of aliphatic hydroxyl groups excluding tert-OH is 1. The molecule has 0 bridgehead atoms. The van der Waals surface area contributed by atoms with Crippen LogP contribution in [-0.4, -0.2) is 68.2 Å². The van der Waals surface area contributed by atoms with Crippen LogP contribution in [0.3, 0.4) is 0 Å². The molecule has 2 aliphatic rings. The Kier molecular flexibility index (Phi) is 7.77. The van der Waals surface area contributed by atoms with Gasteiger partial charge < -0.3 is 14.7 Å². The van der Waals surface area contributed by atoms with E-state index in [1.165, 1.54) is 17.1 Å². The van der Waals surface area contributed by atoms with Gasteiger partial charge in [0, 0.05) is 31.6 Å². The summed E-state index contributed by atoms with van der Waals surface area (Å²) in [7, 11) is -1.71. The Morgan fingerprint density at radius 1 is 1.12 bits per heavy atom. The van der Waals surface area contributed by atoms with Crippen LogP contribution in [-0.2, 0) is 10.0 Å². The van der Waals surface area contributed by atoms with E-state index in [1.807, 2.05) is 55.5 Å². The summed E-state index contributed by atoms with van der Waals surface area (Å²) in [5.74, 6) is 1.10. The Morgan fingerprint density at radius 3 is 2.50 bits per heavy atom. The number of rotatable bonds is 8. The molecular formula is C27H36N2O4S. The Labute approximate surface area is 203 Å². The van der Waals surface area contributed by atoms with Gasteiger partial charge in [0.25, 0.3) is 0 Å². The molecule has 0 amide bonds. The topological polar surface area (TPSA) is 70.1 Å². The Morgan fingerprint density at radius 2 is 1.82 bits per heavy atom. The van der Waals surface area contributed by atoms with E-state index in [9.17, 15) is 13.5 Å². The minimum atomic E-state index is -3.82. The van der Waals surface area contributed by atoms with Crippen LogP contribution in [0.5, 0.6) is 5.75 Å². The summed E-state index contributed by atoms with van der Waals surface area (Å²) >= 11 is 0. The predicted octanol–water partition coefficient (Wildman–Crippen LogP) is 3.97. The van der Waals surface area contributed by atoms with Gasteiger partial charge in [0.15, 0.2) is 0 Å². The van der Waals surface area contributed by atoms with Gasteiger partial charge >= 0.3 is 0 Å². The molecule has 7 heteroatoms. The van der Waals surface area contributed by atoms with Gasteiger partial charge in [-0.25, -0.2) is 8.42 Å². The molecule has 1 N–H and O–H groups in total. The van der Waals surface area contributed by atoms with Gasteiger partial charge in [0.1, 0.15) is 16.7 Å². The Hall–Kier alpha value is -2.19. The molecule has 6 nitrogen and oxygen atoms in total. The molecule has 2 aromatic carbocycles. The summed E-state index contributed by atoms with van der Waals surface area (Å²) in [6.45, 7) is 5.62. The third-order valence-electron chi connectivity index (χ3n) is 6.72. The second kappa shape index (κ2) is 10.6. The van der Waals surface area contributed by atoms with Crippen LogP contribution in [0.1, 0.15) is 37.8 Å². The summed E-state index contributed by atoms with van der Waals surface area (Å²) < 4.78 is 35.1. The fraction of sp³-hybridized carbons (Fsp3) is 0.481. The molecule has 4 rings (SSSR count). The monoisotopic (exact) mass is 484 g/mol. The zero-order valence-electron chi connectivity index (χ0n) is 20.3. The van der Waals surface area contributed by atoms with Crippen molar-refractivity contribution in [2.24, 2.45) is 11.8 Å². The number of hydrogen-bond acceptors (Lipinski definition) is 5. The molecule has 0 spiro atoms. The van der Waals surface area contributed by atoms with Crippen LogP contribution < -0.4 is 4.74 Å². The number of sulfonamides is 1. The first-order chi connectivity index (χ1) is 16.3. The van der Waals surface area contributed by atoms with Gasteiger partial charge in [-0.1, -0.05) is 55.5 Å². The van der Waals surface area contributed by atoms with E-state index in [-0.39, 0.29) is 23.5 Å². The maximum atomic E-state index is 13.6. The van der Waals surface area contributed by atoms with Crippen molar-refractivity contribution in [1.82, 2.24) is 9.21 Å². The lowest BCUT2D eigenvalue weighted by Gasteiger charge is -2.37. The van der Waals surface area contributed by atoms with E-state index in [4.69, 9.17) is 4.74 Å². The highest BCUT2D eigenvalue weighted by molar-refractivity contribution is 7.89. The van der Waals surface area contributed by atoms with Crippen LogP contribution in [0.25, 0.3) is 12.2 Å².